The van der Waals surface area contributed by atoms with Crippen LogP contribution in [0.1, 0.15) is 18.0 Å². The number of carbonyl (C=O) groups is 1. The van der Waals surface area contributed by atoms with Gasteiger partial charge in [-0.15, -0.1) is 0 Å². The summed E-state index contributed by atoms with van der Waals surface area (Å²) in [5.41, 5.74) is 2.07. The SMILES string of the molecule is O=C(O)CC(c1ccccc1)n1ccc2ccccc21. The second-order valence-electron chi connectivity index (χ2n) is 4.81. The van der Waals surface area contributed by atoms with Gasteiger partial charge in [0.15, 0.2) is 0 Å². The zero-order chi connectivity index (χ0) is 13.9. The van der Waals surface area contributed by atoms with Crippen LogP contribution in [-0.4, -0.2) is 15.6 Å². The van der Waals surface area contributed by atoms with Gasteiger partial charge in [-0.25, -0.2) is 0 Å². The lowest BCUT2D eigenvalue weighted by Crippen LogP contribution is -2.14. The molecule has 1 aromatic heterocycles. The molecule has 0 saturated carbocycles. The molecule has 0 radical (unpaired) electrons. The van der Waals surface area contributed by atoms with Crippen molar-refractivity contribution in [2.24, 2.45) is 0 Å². The molecule has 1 atom stereocenters. The Morgan fingerprint density at radius 1 is 1.00 bits per heavy atom. The fourth-order valence-electron chi connectivity index (χ4n) is 2.59. The highest BCUT2D eigenvalue weighted by Crippen LogP contribution is 2.27. The van der Waals surface area contributed by atoms with E-state index in [-0.39, 0.29) is 12.5 Å². The molecule has 0 spiro atoms. The van der Waals surface area contributed by atoms with Crippen LogP contribution >= 0.6 is 0 Å². The lowest BCUT2D eigenvalue weighted by Gasteiger charge is -2.19. The first-order valence-corrected chi connectivity index (χ1v) is 6.58. The molecule has 1 N–H and O–H groups in total. The van der Waals surface area contributed by atoms with Crippen LogP contribution in [0.4, 0.5) is 0 Å². The van der Waals surface area contributed by atoms with Crippen LogP contribution in [0.3, 0.4) is 0 Å². The van der Waals surface area contributed by atoms with Crippen molar-refractivity contribution in [3.05, 3.63) is 72.4 Å². The number of rotatable bonds is 4. The van der Waals surface area contributed by atoms with Gasteiger partial charge in [0.05, 0.1) is 12.5 Å². The van der Waals surface area contributed by atoms with Gasteiger partial charge in [0, 0.05) is 11.7 Å². The Hall–Kier alpha value is -2.55. The van der Waals surface area contributed by atoms with E-state index in [9.17, 15) is 9.90 Å². The Balaban J connectivity index is 2.12. The van der Waals surface area contributed by atoms with Gasteiger partial charge in [0.1, 0.15) is 0 Å². The van der Waals surface area contributed by atoms with E-state index in [1.807, 2.05) is 71.4 Å². The van der Waals surface area contributed by atoms with Crippen molar-refractivity contribution < 1.29 is 9.90 Å². The minimum absolute atomic E-state index is 0.0721. The van der Waals surface area contributed by atoms with E-state index in [0.717, 1.165) is 16.5 Å². The summed E-state index contributed by atoms with van der Waals surface area (Å²) in [5, 5.41) is 10.3. The van der Waals surface area contributed by atoms with E-state index in [4.69, 9.17) is 0 Å². The molecule has 3 aromatic rings. The Kier molecular flexibility index (Phi) is 3.25. The minimum Gasteiger partial charge on any atom is -0.481 e. The number of aliphatic carboxylic acids is 1. The number of hydrogen-bond acceptors (Lipinski definition) is 1. The molecule has 100 valence electrons. The van der Waals surface area contributed by atoms with Gasteiger partial charge in [-0.1, -0.05) is 48.5 Å². The van der Waals surface area contributed by atoms with E-state index >= 15 is 0 Å². The first kappa shape index (κ1) is 12.5. The van der Waals surface area contributed by atoms with E-state index in [0.29, 0.717) is 0 Å². The molecule has 3 nitrogen and oxygen atoms in total. The Morgan fingerprint density at radius 2 is 1.70 bits per heavy atom. The van der Waals surface area contributed by atoms with Crippen molar-refractivity contribution in [1.82, 2.24) is 4.57 Å². The van der Waals surface area contributed by atoms with Gasteiger partial charge in [-0.05, 0) is 23.1 Å². The van der Waals surface area contributed by atoms with Gasteiger partial charge in [-0.3, -0.25) is 4.79 Å². The molecule has 20 heavy (non-hydrogen) atoms. The number of para-hydroxylation sites is 1. The summed E-state index contributed by atoms with van der Waals surface area (Å²) in [7, 11) is 0. The van der Waals surface area contributed by atoms with Crippen molar-refractivity contribution in [3.63, 3.8) is 0 Å². The molecule has 0 saturated heterocycles. The van der Waals surface area contributed by atoms with E-state index in [1.165, 1.54) is 0 Å². The Morgan fingerprint density at radius 3 is 2.45 bits per heavy atom. The molecule has 3 heteroatoms. The molecule has 3 rings (SSSR count). The van der Waals surface area contributed by atoms with Crippen LogP contribution in [0.5, 0.6) is 0 Å². The highest BCUT2D eigenvalue weighted by Gasteiger charge is 2.18. The lowest BCUT2D eigenvalue weighted by molar-refractivity contribution is -0.137. The maximum atomic E-state index is 11.2. The molecule has 1 unspecified atom stereocenters. The lowest BCUT2D eigenvalue weighted by atomic mass is 10.0. The van der Waals surface area contributed by atoms with Crippen LogP contribution in [0.15, 0.2) is 66.9 Å². The third-order valence-corrected chi connectivity index (χ3v) is 3.52. The van der Waals surface area contributed by atoms with Crippen molar-refractivity contribution in [2.45, 2.75) is 12.5 Å². The second kappa shape index (κ2) is 5.21. The van der Waals surface area contributed by atoms with E-state index in [1.54, 1.807) is 0 Å². The fourth-order valence-corrected chi connectivity index (χ4v) is 2.59. The topological polar surface area (TPSA) is 42.2 Å². The average Bonchev–Trinajstić information content (AvgIpc) is 2.89. The molecule has 0 aliphatic heterocycles. The standard InChI is InChI=1S/C17H15NO2/c19-17(20)12-16(13-6-2-1-3-7-13)18-11-10-14-8-4-5-9-15(14)18/h1-11,16H,12H2,(H,19,20). The van der Waals surface area contributed by atoms with Crippen LogP contribution in [0.25, 0.3) is 10.9 Å². The molecule has 0 bridgehead atoms. The van der Waals surface area contributed by atoms with Crippen LogP contribution < -0.4 is 0 Å². The van der Waals surface area contributed by atoms with Crippen molar-refractivity contribution in [1.29, 1.82) is 0 Å². The minimum atomic E-state index is -0.795. The number of nitrogens with zero attached hydrogens (tertiary/aromatic N) is 1. The monoisotopic (exact) mass is 265 g/mol. The van der Waals surface area contributed by atoms with Gasteiger partial charge in [0.2, 0.25) is 0 Å². The van der Waals surface area contributed by atoms with Crippen LogP contribution in [0.2, 0.25) is 0 Å². The van der Waals surface area contributed by atoms with Crippen LogP contribution in [0, 0.1) is 0 Å². The number of aromatic nitrogens is 1. The third kappa shape index (κ3) is 2.30. The zero-order valence-electron chi connectivity index (χ0n) is 10.9. The number of carboxylic acids is 1. The first-order chi connectivity index (χ1) is 9.75. The fraction of sp³-hybridized carbons (Fsp3) is 0.118. The summed E-state index contributed by atoms with van der Waals surface area (Å²) in [6.45, 7) is 0. The number of hydrogen-bond donors (Lipinski definition) is 1. The molecule has 1 heterocycles. The van der Waals surface area contributed by atoms with Gasteiger partial charge in [0.25, 0.3) is 0 Å². The highest BCUT2D eigenvalue weighted by molar-refractivity contribution is 5.80. The summed E-state index contributed by atoms with van der Waals surface area (Å²) in [6, 6.07) is 19.6. The molecule has 2 aromatic carbocycles. The number of carboxylic acid groups (broad SMARTS) is 1. The molecule has 0 aliphatic carbocycles. The van der Waals surface area contributed by atoms with Crippen molar-refractivity contribution >= 4 is 16.9 Å². The summed E-state index contributed by atoms with van der Waals surface area (Å²) >= 11 is 0. The van der Waals surface area contributed by atoms with Gasteiger partial charge in [-0.2, -0.15) is 0 Å². The first-order valence-electron chi connectivity index (χ1n) is 6.58. The maximum absolute atomic E-state index is 11.2. The highest BCUT2D eigenvalue weighted by atomic mass is 16.4. The van der Waals surface area contributed by atoms with Gasteiger partial charge >= 0.3 is 5.97 Å². The summed E-state index contributed by atoms with van der Waals surface area (Å²) in [5.74, 6) is -0.795. The molecular weight excluding hydrogens is 250 g/mol. The smallest absolute Gasteiger partial charge is 0.305 e. The van der Waals surface area contributed by atoms with Crippen LogP contribution in [-0.2, 0) is 4.79 Å². The Labute approximate surface area is 117 Å². The summed E-state index contributed by atoms with van der Waals surface area (Å²) in [4.78, 5) is 11.2. The number of fused-ring (bicyclic) bond motifs is 1. The van der Waals surface area contributed by atoms with Crippen molar-refractivity contribution in [3.8, 4) is 0 Å². The van der Waals surface area contributed by atoms with E-state index < -0.39 is 5.97 Å². The predicted molar refractivity (Wildman–Crippen MR) is 78.8 cm³/mol. The molecular formula is C17H15NO2. The van der Waals surface area contributed by atoms with Gasteiger partial charge < -0.3 is 9.67 Å². The maximum Gasteiger partial charge on any atom is 0.305 e. The summed E-state index contributed by atoms with van der Waals surface area (Å²) in [6.07, 6.45) is 2.04. The summed E-state index contributed by atoms with van der Waals surface area (Å²) < 4.78 is 2.04. The quantitative estimate of drug-likeness (QED) is 0.781. The molecule has 0 amide bonds. The second-order valence-corrected chi connectivity index (χ2v) is 4.81. The average molecular weight is 265 g/mol. The van der Waals surface area contributed by atoms with E-state index in [2.05, 4.69) is 0 Å². The van der Waals surface area contributed by atoms with Crippen molar-refractivity contribution in [2.75, 3.05) is 0 Å². The Bertz CT molecular complexity index is 731. The normalized spacial score (nSPS) is 12.4. The molecule has 0 aliphatic rings. The third-order valence-electron chi connectivity index (χ3n) is 3.52. The molecule has 0 fully saturated rings. The predicted octanol–water partition coefficient (Wildman–Crippen LogP) is 3.71. The zero-order valence-corrected chi connectivity index (χ0v) is 10.9. The number of benzene rings is 2. The largest absolute Gasteiger partial charge is 0.481 e.